The molecule has 5 heteroatoms. The molecule has 2 aromatic carbocycles. The number of fused-ring (bicyclic) bond motifs is 1. The van der Waals surface area contributed by atoms with Gasteiger partial charge in [0.15, 0.2) is 0 Å². The van der Waals surface area contributed by atoms with Gasteiger partial charge in [-0.25, -0.2) is 0 Å². The molecule has 0 unspecified atom stereocenters. The van der Waals surface area contributed by atoms with Crippen LogP contribution >= 0.6 is 0 Å². The summed E-state index contributed by atoms with van der Waals surface area (Å²) in [6.07, 6.45) is 3.69. The molecule has 1 fully saturated rings. The maximum absolute atomic E-state index is 12.8. The number of hydrogen-bond acceptors (Lipinski definition) is 3. The van der Waals surface area contributed by atoms with Crippen LogP contribution in [0.1, 0.15) is 33.6 Å². The summed E-state index contributed by atoms with van der Waals surface area (Å²) < 4.78 is 0. The molecular weight excluding hydrogens is 314 g/mol. The van der Waals surface area contributed by atoms with E-state index in [1.54, 1.807) is 36.5 Å². The summed E-state index contributed by atoms with van der Waals surface area (Å²) in [5, 5.41) is 6.70. The number of anilines is 1. The molecule has 4 rings (SSSR count). The van der Waals surface area contributed by atoms with Crippen LogP contribution in [-0.4, -0.2) is 22.8 Å². The fourth-order valence-electron chi connectivity index (χ4n) is 2.76. The van der Waals surface area contributed by atoms with Gasteiger partial charge in [0.05, 0.1) is 22.3 Å². The van der Waals surface area contributed by atoms with Gasteiger partial charge in [-0.15, -0.1) is 0 Å². The SMILES string of the molecule is O=C(NC1CC1)c1ccccc1NC(=O)c1cccc2cccnc12. The average Bonchev–Trinajstić information content (AvgIpc) is 3.45. The lowest BCUT2D eigenvalue weighted by molar-refractivity contribution is 0.0952. The van der Waals surface area contributed by atoms with E-state index in [9.17, 15) is 9.59 Å². The molecule has 0 saturated heterocycles. The largest absolute Gasteiger partial charge is 0.349 e. The van der Waals surface area contributed by atoms with E-state index in [0.717, 1.165) is 18.2 Å². The molecule has 3 aromatic rings. The Bertz CT molecular complexity index is 959. The lowest BCUT2D eigenvalue weighted by atomic mass is 10.1. The van der Waals surface area contributed by atoms with Gasteiger partial charge in [-0.1, -0.05) is 30.3 Å². The third-order valence-electron chi connectivity index (χ3n) is 4.21. The van der Waals surface area contributed by atoms with Gasteiger partial charge in [-0.05, 0) is 37.1 Å². The van der Waals surface area contributed by atoms with E-state index >= 15 is 0 Å². The summed E-state index contributed by atoms with van der Waals surface area (Å²) in [7, 11) is 0. The summed E-state index contributed by atoms with van der Waals surface area (Å²) >= 11 is 0. The normalized spacial score (nSPS) is 13.4. The first-order chi connectivity index (χ1) is 12.2. The quantitative estimate of drug-likeness (QED) is 0.770. The first-order valence-electron chi connectivity index (χ1n) is 8.27. The topological polar surface area (TPSA) is 71.1 Å². The number of carbonyl (C=O) groups is 2. The summed E-state index contributed by atoms with van der Waals surface area (Å²) in [5.74, 6) is -0.439. The molecule has 2 amide bonds. The Labute approximate surface area is 145 Å². The van der Waals surface area contributed by atoms with E-state index in [-0.39, 0.29) is 17.9 Å². The van der Waals surface area contributed by atoms with Gasteiger partial charge in [0.1, 0.15) is 0 Å². The zero-order valence-corrected chi connectivity index (χ0v) is 13.5. The lowest BCUT2D eigenvalue weighted by Crippen LogP contribution is -2.27. The summed E-state index contributed by atoms with van der Waals surface area (Å²) in [6.45, 7) is 0. The van der Waals surface area contributed by atoms with Crippen molar-refractivity contribution in [3.8, 4) is 0 Å². The molecular formula is C20H17N3O2. The Morgan fingerprint density at radius 3 is 2.48 bits per heavy atom. The van der Waals surface area contributed by atoms with Crippen molar-refractivity contribution in [1.29, 1.82) is 0 Å². The molecule has 0 spiro atoms. The summed E-state index contributed by atoms with van der Waals surface area (Å²) in [5.41, 5.74) is 2.09. The zero-order valence-electron chi connectivity index (χ0n) is 13.5. The van der Waals surface area contributed by atoms with Gasteiger partial charge in [-0.3, -0.25) is 14.6 Å². The first-order valence-corrected chi connectivity index (χ1v) is 8.27. The van der Waals surface area contributed by atoms with Crippen LogP contribution in [0, 0.1) is 0 Å². The predicted octanol–water partition coefficient (Wildman–Crippen LogP) is 3.38. The molecule has 0 bridgehead atoms. The highest BCUT2D eigenvalue weighted by Gasteiger charge is 2.25. The van der Waals surface area contributed by atoms with Crippen LogP contribution in [0.25, 0.3) is 10.9 Å². The van der Waals surface area contributed by atoms with Crippen LogP contribution in [0.2, 0.25) is 0 Å². The van der Waals surface area contributed by atoms with E-state index in [2.05, 4.69) is 15.6 Å². The minimum Gasteiger partial charge on any atom is -0.349 e. The molecule has 25 heavy (non-hydrogen) atoms. The summed E-state index contributed by atoms with van der Waals surface area (Å²) in [6, 6.07) is 16.5. The van der Waals surface area contributed by atoms with Crippen LogP contribution in [0.4, 0.5) is 5.69 Å². The van der Waals surface area contributed by atoms with Gasteiger partial charge in [0.25, 0.3) is 11.8 Å². The van der Waals surface area contributed by atoms with Crippen molar-refractivity contribution in [3.05, 3.63) is 71.9 Å². The molecule has 0 atom stereocenters. The highest BCUT2D eigenvalue weighted by molar-refractivity contribution is 6.14. The zero-order chi connectivity index (χ0) is 17.2. The second-order valence-corrected chi connectivity index (χ2v) is 6.13. The molecule has 1 aliphatic carbocycles. The molecule has 1 heterocycles. The maximum atomic E-state index is 12.8. The number of benzene rings is 2. The number of amides is 2. The predicted molar refractivity (Wildman–Crippen MR) is 96.6 cm³/mol. The van der Waals surface area contributed by atoms with Crippen molar-refractivity contribution in [2.24, 2.45) is 0 Å². The standard InChI is InChI=1S/C20H17N3O2/c24-19(22-14-10-11-14)15-7-1-2-9-17(15)23-20(25)16-8-3-5-13-6-4-12-21-18(13)16/h1-9,12,14H,10-11H2,(H,22,24)(H,23,25). The number of para-hydroxylation sites is 2. The van der Waals surface area contributed by atoms with Crippen molar-refractivity contribution in [3.63, 3.8) is 0 Å². The van der Waals surface area contributed by atoms with Crippen molar-refractivity contribution >= 4 is 28.4 Å². The minimum atomic E-state index is -0.282. The third-order valence-corrected chi connectivity index (χ3v) is 4.21. The highest BCUT2D eigenvalue weighted by Crippen LogP contribution is 2.23. The molecule has 1 aromatic heterocycles. The summed E-state index contributed by atoms with van der Waals surface area (Å²) in [4.78, 5) is 29.4. The smallest absolute Gasteiger partial charge is 0.257 e. The number of nitrogens with one attached hydrogen (secondary N) is 2. The number of pyridine rings is 1. The van der Waals surface area contributed by atoms with Crippen molar-refractivity contribution in [2.45, 2.75) is 18.9 Å². The first kappa shape index (κ1) is 15.3. The number of rotatable bonds is 4. The van der Waals surface area contributed by atoms with Gasteiger partial charge in [0.2, 0.25) is 0 Å². The molecule has 1 saturated carbocycles. The fraction of sp³-hybridized carbons (Fsp3) is 0.150. The van der Waals surface area contributed by atoms with Crippen LogP contribution in [0.15, 0.2) is 60.8 Å². The molecule has 1 aliphatic rings. The van der Waals surface area contributed by atoms with Crippen LogP contribution in [0.3, 0.4) is 0 Å². The Morgan fingerprint density at radius 1 is 0.880 bits per heavy atom. The second-order valence-electron chi connectivity index (χ2n) is 6.13. The molecule has 5 nitrogen and oxygen atoms in total. The Kier molecular flexibility index (Phi) is 3.90. The van der Waals surface area contributed by atoms with Crippen LogP contribution in [0.5, 0.6) is 0 Å². The van der Waals surface area contributed by atoms with Crippen LogP contribution in [-0.2, 0) is 0 Å². The molecule has 124 valence electrons. The minimum absolute atomic E-state index is 0.158. The monoisotopic (exact) mass is 331 g/mol. The van der Waals surface area contributed by atoms with Crippen molar-refractivity contribution < 1.29 is 9.59 Å². The van der Waals surface area contributed by atoms with Gasteiger partial charge < -0.3 is 10.6 Å². The van der Waals surface area contributed by atoms with Gasteiger partial charge >= 0.3 is 0 Å². The number of hydrogen-bond donors (Lipinski definition) is 2. The molecule has 0 aliphatic heterocycles. The van der Waals surface area contributed by atoms with E-state index in [1.807, 2.05) is 24.3 Å². The van der Waals surface area contributed by atoms with Gasteiger partial charge in [-0.2, -0.15) is 0 Å². The van der Waals surface area contributed by atoms with E-state index in [1.165, 1.54) is 0 Å². The lowest BCUT2D eigenvalue weighted by Gasteiger charge is -2.12. The average molecular weight is 331 g/mol. The Morgan fingerprint density at radius 2 is 1.64 bits per heavy atom. The van der Waals surface area contributed by atoms with Crippen molar-refractivity contribution in [2.75, 3.05) is 5.32 Å². The fourth-order valence-corrected chi connectivity index (χ4v) is 2.76. The number of nitrogens with zero attached hydrogens (tertiary/aromatic N) is 1. The second kappa shape index (κ2) is 6.36. The Hall–Kier alpha value is -3.21. The molecule has 0 radical (unpaired) electrons. The third kappa shape index (κ3) is 3.21. The van der Waals surface area contributed by atoms with Crippen molar-refractivity contribution in [1.82, 2.24) is 10.3 Å². The van der Waals surface area contributed by atoms with E-state index in [0.29, 0.717) is 22.3 Å². The Balaban J connectivity index is 1.63. The molecule has 2 N–H and O–H groups in total. The van der Waals surface area contributed by atoms with E-state index in [4.69, 9.17) is 0 Å². The maximum Gasteiger partial charge on any atom is 0.257 e. The van der Waals surface area contributed by atoms with Gasteiger partial charge in [0, 0.05) is 17.6 Å². The highest BCUT2D eigenvalue weighted by atomic mass is 16.2. The number of carbonyl (C=O) groups excluding carboxylic acids is 2. The van der Waals surface area contributed by atoms with E-state index < -0.39 is 0 Å². The number of aromatic nitrogens is 1. The van der Waals surface area contributed by atoms with Crippen LogP contribution < -0.4 is 10.6 Å².